The lowest BCUT2D eigenvalue weighted by Gasteiger charge is -2.32. The van der Waals surface area contributed by atoms with E-state index in [0.29, 0.717) is 0 Å². The van der Waals surface area contributed by atoms with Crippen LogP contribution in [0.3, 0.4) is 0 Å². The van der Waals surface area contributed by atoms with Crippen molar-refractivity contribution in [1.82, 2.24) is 0 Å². The average molecular weight is 1780 g/mol. The van der Waals surface area contributed by atoms with Crippen molar-refractivity contribution >= 4 is 73.1 Å². The molecule has 0 saturated carbocycles. The topological polar surface area (TPSA) is 22.9 Å². The first kappa shape index (κ1) is 86.0. The molecule has 0 atom stereocenters. The smallest absolute Gasteiger partial charge is 0.135 e. The monoisotopic (exact) mass is 1780 g/mol. The fraction of sp³-hybridized carbons (Fsp3) is 0.0667. The standard InChI is InChI=1S/C45H33NO.2C45H35N/c1-45(2)39-15-8-6-14-37(39)44-40(45)16-10-17-41(44)46(34-24-19-31(20-25-34)30-11-4-3-5-12-30)35-26-21-32(22-27-35)33-23-28-43-38(29-33)36-13-7-9-18-42(36)47-43;1-45(2)42-21-10-9-19-40(42)41-20-12-22-43(44(41)45)46(38-27-23-34(24-28-38)32-13-5-3-6-14-32)39-29-25-35(26-30-39)37-18-11-17-36(31-37)33-15-7-4-8-16-33;1-45(2)43-19-10-9-18-41(43)42-31-40(28-29-44(42)45)46(38-24-20-34(21-25-38)32-12-5-3-6-13-32)39-26-22-35(23-27-39)37-17-11-16-36(30-37)33-14-7-4-8-15-33/h3-29H,1-2H3;2*3-31H,1-2H3. The molecule has 139 heavy (non-hydrogen) atoms. The molecule has 664 valence electrons. The summed E-state index contributed by atoms with van der Waals surface area (Å²) < 4.78 is 6.10. The molecule has 0 aliphatic heterocycles. The Hall–Kier alpha value is -17.2. The van der Waals surface area contributed by atoms with Crippen LogP contribution >= 0.6 is 0 Å². The molecule has 1 heterocycles. The van der Waals surface area contributed by atoms with E-state index in [1.54, 1.807) is 0 Å². The van der Waals surface area contributed by atoms with E-state index < -0.39 is 0 Å². The van der Waals surface area contributed by atoms with E-state index in [1.807, 2.05) is 12.1 Å². The van der Waals surface area contributed by atoms with Crippen molar-refractivity contribution in [3.63, 3.8) is 0 Å². The van der Waals surface area contributed by atoms with Crippen LogP contribution in [0.1, 0.15) is 74.9 Å². The molecule has 0 radical (unpaired) electrons. The fourth-order valence-electron chi connectivity index (χ4n) is 21.7. The SMILES string of the molecule is CC1(C)c2ccccc2-c2c(N(c3ccc(-c4ccccc4)cc3)c3ccc(-c4ccc5oc6ccccc6c5c4)cc3)cccc21.CC1(C)c2ccccc2-c2cc(N(c3ccc(-c4ccccc4)cc3)c3ccc(-c4cccc(-c5ccccc5)c4)cc3)ccc21.CC1(C)c2ccccc2-c2cccc(N(c3ccc(-c4ccccc4)cc3)c3ccc(-c4cccc(-c5ccccc5)c4)cc3)c21. The Bertz CT molecular complexity index is 8240. The van der Waals surface area contributed by atoms with Crippen molar-refractivity contribution in [2.45, 2.75) is 57.8 Å². The van der Waals surface area contributed by atoms with Crippen molar-refractivity contribution in [1.29, 1.82) is 0 Å². The maximum Gasteiger partial charge on any atom is 0.135 e. The molecule has 4 nitrogen and oxygen atoms in total. The van der Waals surface area contributed by atoms with Crippen molar-refractivity contribution in [2.24, 2.45) is 0 Å². The first-order valence-electron chi connectivity index (χ1n) is 48.3. The van der Waals surface area contributed by atoms with Crippen LogP contribution in [0.4, 0.5) is 51.2 Å². The molecular formula is C135H103N3O. The van der Waals surface area contributed by atoms with Crippen LogP contribution in [0.15, 0.2) is 520 Å². The summed E-state index contributed by atoms with van der Waals surface area (Å²) in [5.41, 5.74) is 47.4. The maximum absolute atomic E-state index is 6.10. The van der Waals surface area contributed by atoms with Gasteiger partial charge in [0, 0.05) is 72.4 Å². The maximum atomic E-state index is 6.10. The Balaban J connectivity index is 0.000000117. The quantitative estimate of drug-likeness (QED) is 0.0906. The van der Waals surface area contributed by atoms with Crippen molar-refractivity contribution in [2.75, 3.05) is 14.7 Å². The molecule has 4 heteroatoms. The van der Waals surface area contributed by atoms with Crippen LogP contribution < -0.4 is 14.7 Å². The van der Waals surface area contributed by atoms with Crippen molar-refractivity contribution in [3.05, 3.63) is 549 Å². The number of hydrogen-bond donors (Lipinski definition) is 0. The number of furan rings is 1. The molecule has 3 aliphatic carbocycles. The minimum atomic E-state index is -0.136. The number of fused-ring (bicyclic) bond motifs is 12. The number of hydrogen-bond acceptors (Lipinski definition) is 4. The Morgan fingerprint density at radius 1 is 0.158 bits per heavy atom. The minimum Gasteiger partial charge on any atom is -0.456 e. The number of anilines is 9. The van der Waals surface area contributed by atoms with E-state index in [2.05, 4.69) is 560 Å². The first-order chi connectivity index (χ1) is 68.2. The Labute approximate surface area is 815 Å². The van der Waals surface area contributed by atoms with Gasteiger partial charge in [-0.1, -0.05) is 430 Å². The second kappa shape index (κ2) is 36.2. The zero-order valence-corrected chi connectivity index (χ0v) is 78.8. The van der Waals surface area contributed by atoms with Crippen molar-refractivity contribution < 1.29 is 4.42 Å². The highest BCUT2D eigenvalue weighted by Crippen LogP contribution is 2.58. The first-order valence-corrected chi connectivity index (χ1v) is 48.3. The van der Waals surface area contributed by atoms with Gasteiger partial charge in [-0.15, -0.1) is 0 Å². The Kier molecular flexibility index (Phi) is 22.4. The molecule has 0 spiro atoms. The van der Waals surface area contributed by atoms with Crippen LogP contribution in [-0.4, -0.2) is 0 Å². The normalized spacial score (nSPS) is 12.8. The summed E-state index contributed by atoms with van der Waals surface area (Å²) in [6.07, 6.45) is 0. The fourth-order valence-corrected chi connectivity index (χ4v) is 21.7. The number of nitrogens with zero attached hydrogens (tertiary/aromatic N) is 3. The number of benzene rings is 21. The molecule has 0 N–H and O–H groups in total. The predicted molar refractivity (Wildman–Crippen MR) is 587 cm³/mol. The van der Waals surface area contributed by atoms with Gasteiger partial charge in [0.15, 0.2) is 0 Å². The molecule has 22 aromatic rings. The van der Waals surface area contributed by atoms with Crippen LogP contribution in [0.25, 0.3) is 144 Å². The van der Waals surface area contributed by atoms with Gasteiger partial charge in [-0.3, -0.25) is 0 Å². The summed E-state index contributed by atoms with van der Waals surface area (Å²) in [5, 5.41) is 2.29. The van der Waals surface area contributed by atoms with Gasteiger partial charge in [0.2, 0.25) is 0 Å². The summed E-state index contributed by atoms with van der Waals surface area (Å²) in [7, 11) is 0. The van der Waals surface area contributed by atoms with Crippen molar-refractivity contribution in [3.8, 4) is 122 Å². The Morgan fingerprint density at radius 2 is 0.432 bits per heavy atom. The second-order valence-corrected chi connectivity index (χ2v) is 38.2. The molecule has 25 rings (SSSR count). The molecule has 21 aromatic carbocycles. The van der Waals surface area contributed by atoms with E-state index in [-0.39, 0.29) is 16.2 Å². The van der Waals surface area contributed by atoms with E-state index >= 15 is 0 Å². The lowest BCUT2D eigenvalue weighted by Crippen LogP contribution is -2.20. The largest absolute Gasteiger partial charge is 0.456 e. The van der Waals surface area contributed by atoms with E-state index in [4.69, 9.17) is 4.42 Å². The van der Waals surface area contributed by atoms with Gasteiger partial charge in [-0.25, -0.2) is 0 Å². The lowest BCUT2D eigenvalue weighted by atomic mass is 9.81. The van der Waals surface area contributed by atoms with Gasteiger partial charge in [0.1, 0.15) is 11.2 Å². The molecule has 0 amide bonds. The summed E-state index contributed by atoms with van der Waals surface area (Å²) in [6.45, 7) is 14.1. The van der Waals surface area contributed by atoms with E-state index in [1.165, 1.54) is 167 Å². The number of rotatable bonds is 17. The molecule has 3 aliphatic rings. The summed E-state index contributed by atoms with van der Waals surface area (Å²) in [4.78, 5) is 7.24. The molecular weight excluding hydrogens is 1680 g/mol. The summed E-state index contributed by atoms with van der Waals surface area (Å²) in [6, 6.07) is 186. The van der Waals surface area contributed by atoms with Crippen LogP contribution in [0.2, 0.25) is 0 Å². The molecule has 0 unspecified atom stereocenters. The second-order valence-electron chi connectivity index (χ2n) is 38.2. The third-order valence-corrected chi connectivity index (χ3v) is 28.8. The van der Waals surface area contributed by atoms with Crippen LogP contribution in [0, 0.1) is 0 Å². The highest BCUT2D eigenvalue weighted by atomic mass is 16.3. The van der Waals surface area contributed by atoms with E-state index in [0.717, 1.165) is 61.8 Å². The predicted octanol–water partition coefficient (Wildman–Crippen LogP) is 37.6. The zero-order chi connectivity index (χ0) is 93.7. The molecule has 0 saturated heterocycles. The van der Waals surface area contributed by atoms with Gasteiger partial charge in [0.25, 0.3) is 0 Å². The lowest BCUT2D eigenvalue weighted by molar-refractivity contribution is 0.660. The molecule has 0 fully saturated rings. The summed E-state index contributed by atoms with van der Waals surface area (Å²) in [5.74, 6) is 0. The van der Waals surface area contributed by atoms with Gasteiger partial charge in [-0.2, -0.15) is 0 Å². The van der Waals surface area contributed by atoms with E-state index in [9.17, 15) is 0 Å². The molecule has 0 bridgehead atoms. The van der Waals surface area contributed by atoms with Crippen LogP contribution in [-0.2, 0) is 16.2 Å². The third kappa shape index (κ3) is 16.2. The van der Waals surface area contributed by atoms with Gasteiger partial charge >= 0.3 is 0 Å². The Morgan fingerprint density at radius 3 is 0.885 bits per heavy atom. The number of para-hydroxylation sites is 1. The zero-order valence-electron chi connectivity index (χ0n) is 78.8. The molecule has 1 aromatic heterocycles. The van der Waals surface area contributed by atoms with Gasteiger partial charge in [-0.05, 0) is 278 Å². The van der Waals surface area contributed by atoms with Crippen LogP contribution in [0.5, 0.6) is 0 Å². The average Bonchev–Trinajstić information content (AvgIpc) is 1.59. The minimum absolute atomic E-state index is 0.0252. The highest BCUT2D eigenvalue weighted by Gasteiger charge is 2.41. The third-order valence-electron chi connectivity index (χ3n) is 28.8. The van der Waals surface area contributed by atoms with Gasteiger partial charge in [0.05, 0.1) is 11.4 Å². The summed E-state index contributed by atoms with van der Waals surface area (Å²) >= 11 is 0. The van der Waals surface area contributed by atoms with Gasteiger partial charge < -0.3 is 19.1 Å². The highest BCUT2D eigenvalue weighted by molar-refractivity contribution is 6.07.